The molecule has 9 aliphatic rings. The monoisotopic (exact) mass is 962 g/mol. The minimum Gasteiger partial charge on any atom is -0.307 e. The van der Waals surface area contributed by atoms with Gasteiger partial charge in [0.2, 0.25) is 0 Å². The fraction of sp³-hybridized carbons (Fsp3) is 0. The van der Waals surface area contributed by atoms with Gasteiger partial charge in [-0.3, -0.25) is 0 Å². The van der Waals surface area contributed by atoms with Crippen molar-refractivity contribution in [3.05, 3.63) is 170 Å². The fourth-order valence-corrected chi connectivity index (χ4v) is 19.7. The molecule has 0 spiro atoms. The van der Waals surface area contributed by atoms with Crippen LogP contribution in [-0.2, 0) is 0 Å². The summed E-state index contributed by atoms with van der Waals surface area (Å²) in [5.74, 6) is 0. The first-order valence-corrected chi connectivity index (χ1v) is 27.6. The van der Waals surface area contributed by atoms with Crippen LogP contribution in [0.15, 0.2) is 209 Å². The zero-order valence-electron chi connectivity index (χ0n) is 36.2. The molecule has 0 saturated carbocycles. The van der Waals surface area contributed by atoms with E-state index in [1.165, 1.54) is 161 Å². The highest BCUT2D eigenvalue weighted by Gasteiger charge is 2.57. The first kappa shape index (κ1) is 36.4. The van der Waals surface area contributed by atoms with Crippen LogP contribution in [0.4, 0.5) is 68.2 Å². The van der Waals surface area contributed by atoms with Gasteiger partial charge in [0.25, 0.3) is 13.4 Å². The summed E-state index contributed by atoms with van der Waals surface area (Å²) in [5.41, 5.74) is 26.6. The van der Waals surface area contributed by atoms with Gasteiger partial charge in [0.1, 0.15) is 0 Å². The Balaban J connectivity index is 0.942. The Bertz CT molecular complexity index is 4160. The first-order chi connectivity index (χ1) is 34.2. The van der Waals surface area contributed by atoms with Crippen LogP contribution in [0, 0.1) is 0 Å². The Morgan fingerprint density at radius 2 is 0.826 bits per heavy atom. The molecule has 4 nitrogen and oxygen atoms in total. The topological polar surface area (TPSA) is 13.0 Å². The molecule has 9 aromatic carbocycles. The summed E-state index contributed by atoms with van der Waals surface area (Å²) >= 11 is 9.90. The van der Waals surface area contributed by atoms with E-state index in [2.05, 4.69) is 201 Å². The van der Waals surface area contributed by atoms with E-state index in [9.17, 15) is 0 Å². The van der Waals surface area contributed by atoms with E-state index >= 15 is 0 Å². The first-order valence-electron chi connectivity index (χ1n) is 23.5. The normalized spacial score (nSPS) is 15.7. The number of benzene rings is 9. The van der Waals surface area contributed by atoms with Crippen LogP contribution in [-0.4, -0.2) is 13.4 Å². The lowest BCUT2D eigenvalue weighted by molar-refractivity contribution is 1.08. The van der Waals surface area contributed by atoms with Crippen molar-refractivity contribution in [2.24, 2.45) is 0 Å². The lowest BCUT2D eigenvalue weighted by atomic mass is 9.35. The molecule has 69 heavy (non-hydrogen) atoms. The van der Waals surface area contributed by atoms with Crippen molar-refractivity contribution < 1.29 is 0 Å². The number of fused-ring (bicyclic) bond motifs is 9. The highest BCUT2D eigenvalue weighted by molar-refractivity contribution is 8.01. The summed E-state index contributed by atoms with van der Waals surface area (Å²) < 4.78 is 2.89. The van der Waals surface area contributed by atoms with Gasteiger partial charge in [-0.2, -0.15) is 11.3 Å². The third-order valence-electron chi connectivity index (χ3n) is 15.8. The molecule has 11 heteroatoms. The molecule has 316 valence electrons. The van der Waals surface area contributed by atoms with Crippen LogP contribution in [0.25, 0.3) is 22.3 Å². The molecule has 0 fully saturated rings. The second kappa shape index (κ2) is 12.4. The number of rotatable bonds is 2. The van der Waals surface area contributed by atoms with Crippen LogP contribution in [0.5, 0.6) is 0 Å². The largest absolute Gasteiger partial charge is 0.307 e. The average Bonchev–Trinajstić information content (AvgIpc) is 3.79. The highest BCUT2D eigenvalue weighted by atomic mass is 32.2. The average molecular weight is 963 g/mol. The van der Waals surface area contributed by atoms with Crippen LogP contribution in [0.3, 0.4) is 0 Å². The minimum atomic E-state index is 0.0395. The van der Waals surface area contributed by atoms with Crippen molar-refractivity contribution in [1.82, 2.24) is 0 Å². The Kier molecular flexibility index (Phi) is 6.54. The molecule has 0 saturated heterocycles. The summed E-state index contributed by atoms with van der Waals surface area (Å²) in [6.07, 6.45) is 0. The number of hydrogen-bond donors (Lipinski definition) is 0. The third-order valence-corrected chi connectivity index (χ3v) is 21.6. The lowest BCUT2D eigenvalue weighted by Gasteiger charge is -2.51. The second-order valence-corrected chi connectivity index (χ2v) is 24.4. The van der Waals surface area contributed by atoms with Gasteiger partial charge in [-0.15, -0.1) is 0 Å². The third kappa shape index (κ3) is 4.19. The van der Waals surface area contributed by atoms with Crippen molar-refractivity contribution in [1.29, 1.82) is 0 Å². The van der Waals surface area contributed by atoms with E-state index in [0.29, 0.717) is 0 Å². The van der Waals surface area contributed by atoms with Crippen molar-refractivity contribution in [3.8, 4) is 22.3 Å². The molecule has 0 atom stereocenters. The van der Waals surface area contributed by atoms with E-state index in [0.717, 1.165) is 0 Å². The Morgan fingerprint density at radius 3 is 1.45 bits per heavy atom. The fourth-order valence-electron chi connectivity index (χ4n) is 13.3. The van der Waals surface area contributed by atoms with Crippen LogP contribution in [0.1, 0.15) is 0 Å². The van der Waals surface area contributed by atoms with Gasteiger partial charge in [-0.1, -0.05) is 150 Å². The van der Waals surface area contributed by atoms with Crippen LogP contribution < -0.4 is 51.0 Å². The molecule has 0 N–H and O–H groups in total. The molecular weight excluding hydrogens is 935 g/mol. The summed E-state index contributed by atoms with van der Waals surface area (Å²) in [4.78, 5) is 21.4. The van der Waals surface area contributed by atoms with Gasteiger partial charge in [0.05, 0.1) is 56.9 Å². The van der Waals surface area contributed by atoms with Gasteiger partial charge in [-0.05, 0) is 111 Å². The molecular formula is C58H28B2N4S5. The molecule has 0 aliphatic carbocycles. The van der Waals surface area contributed by atoms with Gasteiger partial charge in [0.15, 0.2) is 0 Å². The van der Waals surface area contributed by atoms with E-state index in [1.807, 2.05) is 47.0 Å². The summed E-state index contributed by atoms with van der Waals surface area (Å²) in [5, 5.41) is 0. The number of nitrogens with zero attached hydrogens (tertiary/aromatic N) is 4. The quantitative estimate of drug-likeness (QED) is 0.157. The van der Waals surface area contributed by atoms with Crippen LogP contribution >= 0.6 is 58.4 Å². The zero-order valence-corrected chi connectivity index (χ0v) is 40.2. The molecule has 0 radical (unpaired) electrons. The standard InChI is InChI=1S/C58H28B2N4S5/c1-3-11-29(12-4-1)31-27-34-48-45(28-31)67-41-19-9-17-39-50(41)63(48)52-43(65-39)25-24-38-47(52)60(34)58-55-54-57(69-58)59-33-22-21-32(30-13-5-2-6-14-30)56-49(33)64-51-40(18-10-20-42(51)68-56)66-44-26-23-37(46(59)53(44)64)61(54)35-15-7-8-16-36(35)62(38)55/h1-28H. The number of para-hydroxylation sites is 4. The van der Waals surface area contributed by atoms with Gasteiger partial charge in [0, 0.05) is 60.1 Å². The minimum absolute atomic E-state index is 0.0395. The lowest BCUT2D eigenvalue weighted by Crippen LogP contribution is -2.61. The smallest absolute Gasteiger partial charge is 0.264 e. The van der Waals surface area contributed by atoms with Crippen molar-refractivity contribution in [2.75, 3.05) is 19.6 Å². The molecule has 19 rings (SSSR count). The number of anilines is 12. The molecule has 0 unspecified atom stereocenters. The SMILES string of the molecule is c1ccc(-c2cc3c4c(c2)B2c5sc6c7c5N(c5ccccc5N7c5ccc7c8c5B6c5ccc(-c6ccccc6)c6c5N8c5c(cccc5S6)S7)c5ccc6c(c52)N4c2c(cccc2S6)S3)cc1. The summed E-state index contributed by atoms with van der Waals surface area (Å²) in [6, 6.07) is 64.9. The van der Waals surface area contributed by atoms with E-state index in [-0.39, 0.29) is 13.4 Å². The Morgan fingerprint density at radius 1 is 0.304 bits per heavy atom. The van der Waals surface area contributed by atoms with Crippen molar-refractivity contribution in [3.63, 3.8) is 0 Å². The molecule has 0 bridgehead atoms. The molecule has 10 heterocycles. The maximum atomic E-state index is 2.70. The van der Waals surface area contributed by atoms with Crippen molar-refractivity contribution >= 4 is 171 Å². The zero-order chi connectivity index (χ0) is 44.1. The van der Waals surface area contributed by atoms with Gasteiger partial charge >= 0.3 is 0 Å². The number of hydrogen-bond acceptors (Lipinski definition) is 9. The maximum Gasteiger partial charge on any atom is 0.264 e. The van der Waals surface area contributed by atoms with E-state index in [4.69, 9.17) is 0 Å². The Labute approximate surface area is 419 Å². The molecule has 1 aromatic heterocycles. The van der Waals surface area contributed by atoms with Gasteiger partial charge in [-0.25, -0.2) is 0 Å². The van der Waals surface area contributed by atoms with Crippen molar-refractivity contribution in [2.45, 2.75) is 39.2 Å². The number of thiophene rings is 1. The highest BCUT2D eigenvalue weighted by Crippen LogP contribution is 2.67. The van der Waals surface area contributed by atoms with E-state index < -0.39 is 0 Å². The molecule has 9 aliphatic heterocycles. The maximum absolute atomic E-state index is 2.70. The van der Waals surface area contributed by atoms with Crippen LogP contribution in [0.2, 0.25) is 0 Å². The van der Waals surface area contributed by atoms with E-state index in [1.54, 1.807) is 0 Å². The Hall–Kier alpha value is -6.59. The second-order valence-electron chi connectivity index (χ2n) is 19.1. The predicted molar refractivity (Wildman–Crippen MR) is 293 cm³/mol. The predicted octanol–water partition coefficient (Wildman–Crippen LogP) is 13.4. The van der Waals surface area contributed by atoms with Gasteiger partial charge < -0.3 is 19.6 Å². The summed E-state index contributed by atoms with van der Waals surface area (Å²) in [7, 11) is 0. The molecule has 0 amide bonds. The molecule has 10 aromatic rings. The summed E-state index contributed by atoms with van der Waals surface area (Å²) in [6.45, 7) is 0.0894.